The molecule has 0 aliphatic heterocycles. The minimum atomic E-state index is -0.278. The minimum absolute atomic E-state index is 0.168. The molecular weight excluding hydrogens is 203 g/mol. The molecule has 88 valence electrons. The molecule has 0 saturated carbocycles. The second-order valence-corrected chi connectivity index (χ2v) is 3.81. The van der Waals surface area contributed by atoms with E-state index in [2.05, 4.69) is 23.8 Å². The van der Waals surface area contributed by atoms with Crippen LogP contribution in [0.25, 0.3) is 0 Å². The van der Waals surface area contributed by atoms with Crippen LogP contribution in [-0.2, 0) is 0 Å². The smallest absolute Gasteiger partial charge is 0.141 e. The third-order valence-electron chi connectivity index (χ3n) is 2.43. The fourth-order valence-corrected chi connectivity index (χ4v) is 1.61. The number of nitrogens with zero attached hydrogens (tertiary/aromatic N) is 1. The molecular formula is C13H19FN2. The van der Waals surface area contributed by atoms with Gasteiger partial charge < -0.3 is 5.32 Å². The number of pyridine rings is 1. The molecule has 16 heavy (non-hydrogen) atoms. The standard InChI is InChI=1S/C13H19FN2/c1-3-5-6-13(16-7-4-2)11-8-12(14)10-15-9-11/h3,8-10,13,16H,1,4-7H2,2H3. The second-order valence-electron chi connectivity index (χ2n) is 3.81. The highest BCUT2D eigenvalue weighted by Crippen LogP contribution is 2.18. The van der Waals surface area contributed by atoms with E-state index in [1.54, 1.807) is 12.3 Å². The number of allylic oxidation sites excluding steroid dienone is 1. The van der Waals surface area contributed by atoms with Crippen LogP contribution < -0.4 is 5.32 Å². The van der Waals surface area contributed by atoms with Crippen LogP contribution in [-0.4, -0.2) is 11.5 Å². The molecule has 0 radical (unpaired) electrons. The first-order chi connectivity index (χ1) is 7.77. The van der Waals surface area contributed by atoms with E-state index >= 15 is 0 Å². The Hall–Kier alpha value is -1.22. The van der Waals surface area contributed by atoms with Gasteiger partial charge in [-0.05, 0) is 37.4 Å². The molecule has 1 unspecified atom stereocenters. The van der Waals surface area contributed by atoms with Crippen LogP contribution in [0.5, 0.6) is 0 Å². The summed E-state index contributed by atoms with van der Waals surface area (Å²) in [5, 5.41) is 3.39. The maximum absolute atomic E-state index is 13.1. The van der Waals surface area contributed by atoms with Gasteiger partial charge in [0.05, 0.1) is 6.20 Å². The number of aromatic nitrogens is 1. The SMILES string of the molecule is C=CCCC(NCCC)c1cncc(F)c1. The van der Waals surface area contributed by atoms with E-state index in [0.717, 1.165) is 31.4 Å². The van der Waals surface area contributed by atoms with Gasteiger partial charge in [-0.15, -0.1) is 6.58 Å². The molecule has 0 aliphatic carbocycles. The lowest BCUT2D eigenvalue weighted by atomic mass is 10.0. The van der Waals surface area contributed by atoms with Crippen molar-refractivity contribution in [3.05, 3.63) is 42.5 Å². The van der Waals surface area contributed by atoms with Crippen molar-refractivity contribution in [2.45, 2.75) is 32.2 Å². The van der Waals surface area contributed by atoms with Crippen molar-refractivity contribution >= 4 is 0 Å². The van der Waals surface area contributed by atoms with Crippen molar-refractivity contribution in [2.75, 3.05) is 6.54 Å². The van der Waals surface area contributed by atoms with Gasteiger partial charge in [0.2, 0.25) is 0 Å². The van der Waals surface area contributed by atoms with Gasteiger partial charge in [-0.3, -0.25) is 4.98 Å². The summed E-state index contributed by atoms with van der Waals surface area (Å²) in [7, 11) is 0. The molecule has 3 heteroatoms. The predicted octanol–water partition coefficient (Wildman–Crippen LogP) is 3.23. The van der Waals surface area contributed by atoms with Crippen LogP contribution in [0.3, 0.4) is 0 Å². The number of halogens is 1. The van der Waals surface area contributed by atoms with Crippen LogP contribution in [0, 0.1) is 5.82 Å². The Kier molecular flexibility index (Phi) is 5.72. The third-order valence-corrected chi connectivity index (χ3v) is 2.43. The number of rotatable bonds is 7. The lowest BCUT2D eigenvalue weighted by Crippen LogP contribution is -2.22. The molecule has 0 aromatic carbocycles. The Bertz CT molecular complexity index is 325. The lowest BCUT2D eigenvalue weighted by Gasteiger charge is -2.17. The topological polar surface area (TPSA) is 24.9 Å². The summed E-state index contributed by atoms with van der Waals surface area (Å²) in [4.78, 5) is 3.88. The molecule has 0 bridgehead atoms. The largest absolute Gasteiger partial charge is 0.310 e. The summed E-state index contributed by atoms with van der Waals surface area (Å²) in [6.45, 7) is 6.75. The fourth-order valence-electron chi connectivity index (χ4n) is 1.61. The molecule has 1 N–H and O–H groups in total. The van der Waals surface area contributed by atoms with E-state index in [-0.39, 0.29) is 11.9 Å². The van der Waals surface area contributed by atoms with Gasteiger partial charge in [0.1, 0.15) is 5.82 Å². The Balaban J connectivity index is 2.69. The molecule has 0 saturated heterocycles. The second kappa shape index (κ2) is 7.12. The Labute approximate surface area is 96.6 Å². The minimum Gasteiger partial charge on any atom is -0.310 e. The first-order valence-electron chi connectivity index (χ1n) is 5.72. The highest BCUT2D eigenvalue weighted by atomic mass is 19.1. The van der Waals surface area contributed by atoms with Crippen molar-refractivity contribution in [1.29, 1.82) is 0 Å². The van der Waals surface area contributed by atoms with Crippen molar-refractivity contribution in [3.8, 4) is 0 Å². The number of hydrogen-bond donors (Lipinski definition) is 1. The summed E-state index contributed by atoms with van der Waals surface area (Å²) < 4.78 is 13.1. The maximum atomic E-state index is 13.1. The van der Waals surface area contributed by atoms with Crippen LogP contribution in [0.4, 0.5) is 4.39 Å². The zero-order chi connectivity index (χ0) is 11.8. The van der Waals surface area contributed by atoms with Crippen LogP contribution in [0.1, 0.15) is 37.8 Å². The molecule has 0 spiro atoms. The van der Waals surface area contributed by atoms with E-state index < -0.39 is 0 Å². The Morgan fingerprint density at radius 2 is 2.38 bits per heavy atom. The highest BCUT2D eigenvalue weighted by molar-refractivity contribution is 5.15. The lowest BCUT2D eigenvalue weighted by molar-refractivity contribution is 0.497. The summed E-state index contributed by atoms with van der Waals surface area (Å²) in [6.07, 6.45) is 7.74. The molecule has 1 rings (SSSR count). The Morgan fingerprint density at radius 1 is 1.56 bits per heavy atom. The third kappa shape index (κ3) is 4.11. The van der Waals surface area contributed by atoms with Crippen LogP contribution in [0.2, 0.25) is 0 Å². The average Bonchev–Trinajstić information content (AvgIpc) is 2.29. The summed E-state index contributed by atoms with van der Waals surface area (Å²) in [5.74, 6) is -0.278. The van der Waals surface area contributed by atoms with Gasteiger partial charge in [0.15, 0.2) is 0 Å². The van der Waals surface area contributed by atoms with Gasteiger partial charge in [0.25, 0.3) is 0 Å². The molecule has 0 aliphatic rings. The van der Waals surface area contributed by atoms with Gasteiger partial charge in [-0.1, -0.05) is 13.0 Å². The van der Waals surface area contributed by atoms with Crippen LogP contribution in [0.15, 0.2) is 31.1 Å². The molecule has 1 aromatic rings. The number of hydrogen-bond acceptors (Lipinski definition) is 2. The van der Waals surface area contributed by atoms with E-state index in [1.807, 2.05) is 6.08 Å². The fraction of sp³-hybridized carbons (Fsp3) is 0.462. The highest BCUT2D eigenvalue weighted by Gasteiger charge is 2.10. The number of nitrogens with one attached hydrogen (secondary N) is 1. The van der Waals surface area contributed by atoms with Gasteiger partial charge >= 0.3 is 0 Å². The monoisotopic (exact) mass is 222 g/mol. The van der Waals surface area contributed by atoms with E-state index in [4.69, 9.17) is 0 Å². The molecule has 2 nitrogen and oxygen atoms in total. The first kappa shape index (κ1) is 12.8. The molecule has 1 atom stereocenters. The summed E-state index contributed by atoms with van der Waals surface area (Å²) in [6, 6.07) is 1.71. The Morgan fingerprint density at radius 3 is 3.00 bits per heavy atom. The van der Waals surface area contributed by atoms with E-state index in [1.165, 1.54) is 6.20 Å². The molecule has 1 aromatic heterocycles. The van der Waals surface area contributed by atoms with E-state index in [0.29, 0.717) is 0 Å². The quantitative estimate of drug-likeness (QED) is 0.716. The van der Waals surface area contributed by atoms with Gasteiger partial charge in [0, 0.05) is 12.2 Å². The van der Waals surface area contributed by atoms with Crippen molar-refractivity contribution in [3.63, 3.8) is 0 Å². The molecule has 0 fully saturated rings. The van der Waals surface area contributed by atoms with Crippen molar-refractivity contribution in [1.82, 2.24) is 10.3 Å². The zero-order valence-electron chi connectivity index (χ0n) is 9.75. The predicted molar refractivity (Wildman–Crippen MR) is 64.7 cm³/mol. The zero-order valence-corrected chi connectivity index (χ0v) is 9.75. The average molecular weight is 222 g/mol. The van der Waals surface area contributed by atoms with Gasteiger partial charge in [-0.25, -0.2) is 4.39 Å². The molecule has 1 heterocycles. The van der Waals surface area contributed by atoms with Crippen LogP contribution >= 0.6 is 0 Å². The van der Waals surface area contributed by atoms with Crippen molar-refractivity contribution in [2.24, 2.45) is 0 Å². The van der Waals surface area contributed by atoms with Gasteiger partial charge in [-0.2, -0.15) is 0 Å². The van der Waals surface area contributed by atoms with E-state index in [9.17, 15) is 4.39 Å². The summed E-state index contributed by atoms with van der Waals surface area (Å²) >= 11 is 0. The maximum Gasteiger partial charge on any atom is 0.141 e. The van der Waals surface area contributed by atoms with Crippen molar-refractivity contribution < 1.29 is 4.39 Å². The summed E-state index contributed by atoms with van der Waals surface area (Å²) in [5.41, 5.74) is 0.912. The molecule has 0 amide bonds. The first-order valence-corrected chi connectivity index (χ1v) is 5.72. The normalized spacial score (nSPS) is 12.4.